The van der Waals surface area contributed by atoms with Crippen molar-refractivity contribution >= 4 is 38.2 Å². The Morgan fingerprint density at radius 1 is 1.21 bits per heavy atom. The van der Waals surface area contributed by atoms with Gasteiger partial charge in [-0.05, 0) is 43.3 Å². The van der Waals surface area contributed by atoms with Gasteiger partial charge in [-0.3, -0.25) is 9.59 Å². The maximum atomic E-state index is 12.6. The molecule has 0 aliphatic carbocycles. The van der Waals surface area contributed by atoms with Crippen molar-refractivity contribution in [3.63, 3.8) is 0 Å². The summed E-state index contributed by atoms with van der Waals surface area (Å²) in [7, 11) is 1.31. The summed E-state index contributed by atoms with van der Waals surface area (Å²) < 4.78 is 25.4. The zero-order valence-corrected chi connectivity index (χ0v) is 17.5. The van der Waals surface area contributed by atoms with Crippen LogP contribution in [-0.4, -0.2) is 57.1 Å². The Labute approximate surface area is 168 Å². The molecule has 0 radical (unpaired) electrons. The fourth-order valence-electron chi connectivity index (χ4n) is 3.04. The number of hydrogen-bond donors (Lipinski definition) is 2. The van der Waals surface area contributed by atoms with Crippen molar-refractivity contribution < 1.29 is 18.0 Å². The number of benzene rings is 1. The third-order valence-corrected chi connectivity index (χ3v) is 7.58. The minimum atomic E-state index is -3.57. The highest BCUT2D eigenvalue weighted by atomic mass is 32.2. The summed E-state index contributed by atoms with van der Waals surface area (Å²) in [5, 5.41) is 3.19. The first kappa shape index (κ1) is 20.5. The number of sulfonamides is 1. The van der Waals surface area contributed by atoms with Crippen LogP contribution in [0.5, 0.6) is 0 Å². The summed E-state index contributed by atoms with van der Waals surface area (Å²) in [5.41, 5.74) is 7.12. The molecule has 0 fully saturated rings. The first-order valence-electron chi connectivity index (χ1n) is 8.58. The lowest BCUT2D eigenvalue weighted by atomic mass is 10.0. The van der Waals surface area contributed by atoms with Crippen LogP contribution in [0.1, 0.15) is 31.2 Å². The average molecular weight is 423 g/mol. The van der Waals surface area contributed by atoms with E-state index in [1.165, 1.54) is 49.7 Å². The average Bonchev–Trinajstić information content (AvgIpc) is 2.98. The first-order valence-corrected chi connectivity index (χ1v) is 10.8. The van der Waals surface area contributed by atoms with Crippen LogP contribution in [0.15, 0.2) is 29.2 Å². The Balaban J connectivity index is 1.87. The predicted molar refractivity (Wildman–Crippen MR) is 108 cm³/mol. The van der Waals surface area contributed by atoms with E-state index < -0.39 is 21.8 Å². The lowest BCUT2D eigenvalue weighted by Crippen LogP contribution is -2.27. The molecule has 3 rings (SSSR count). The predicted octanol–water partition coefficient (Wildman–Crippen LogP) is 1.34. The molecule has 0 bridgehead atoms. The molecule has 0 atom stereocenters. The summed E-state index contributed by atoms with van der Waals surface area (Å²) in [6, 6.07) is 5.65. The van der Waals surface area contributed by atoms with Gasteiger partial charge in [0.15, 0.2) is 0 Å². The van der Waals surface area contributed by atoms with Crippen LogP contribution < -0.4 is 11.1 Å². The lowest BCUT2D eigenvalue weighted by Gasteiger charge is -2.22. The zero-order chi connectivity index (χ0) is 20.6. The zero-order valence-electron chi connectivity index (χ0n) is 15.9. The van der Waals surface area contributed by atoms with Gasteiger partial charge in [-0.1, -0.05) is 0 Å². The third-order valence-electron chi connectivity index (χ3n) is 4.62. The Hall–Kier alpha value is -2.27. The second kappa shape index (κ2) is 7.63. The highest BCUT2D eigenvalue weighted by Crippen LogP contribution is 2.36. The van der Waals surface area contributed by atoms with Gasteiger partial charge in [-0.2, -0.15) is 0 Å². The molecule has 0 saturated heterocycles. The number of nitrogens with two attached hydrogens (primary N) is 1. The van der Waals surface area contributed by atoms with E-state index in [2.05, 4.69) is 10.2 Å². The highest BCUT2D eigenvalue weighted by molar-refractivity contribution is 7.89. The Bertz CT molecular complexity index is 1030. The van der Waals surface area contributed by atoms with Crippen LogP contribution in [0.3, 0.4) is 0 Å². The number of carbonyl (C=O) groups is 2. The van der Waals surface area contributed by atoms with Crippen molar-refractivity contribution in [2.45, 2.75) is 17.9 Å². The summed E-state index contributed by atoms with van der Waals surface area (Å²) in [6.45, 7) is 1.52. The van der Waals surface area contributed by atoms with Gasteiger partial charge in [0.2, 0.25) is 10.0 Å². The second-order valence-corrected chi connectivity index (χ2v) is 10.1. The van der Waals surface area contributed by atoms with E-state index in [9.17, 15) is 18.0 Å². The second-order valence-electron chi connectivity index (χ2n) is 6.83. The fraction of sp³-hybridized carbons (Fsp3) is 0.333. The topological polar surface area (TPSA) is 113 Å². The van der Waals surface area contributed by atoms with Gasteiger partial charge >= 0.3 is 0 Å². The van der Waals surface area contributed by atoms with Crippen molar-refractivity contribution in [1.29, 1.82) is 0 Å². The number of likely N-dealkylation sites (N-methyl/N-ethyl adjacent to an activating group) is 1. The molecule has 1 aromatic heterocycles. The van der Waals surface area contributed by atoms with Crippen molar-refractivity contribution in [3.05, 3.63) is 45.8 Å². The number of nitrogens with one attached hydrogen (secondary N) is 1. The van der Waals surface area contributed by atoms with Gasteiger partial charge < -0.3 is 16.0 Å². The van der Waals surface area contributed by atoms with Crippen LogP contribution >= 0.6 is 11.3 Å². The van der Waals surface area contributed by atoms with E-state index in [4.69, 9.17) is 5.73 Å². The number of hydrogen-bond acceptors (Lipinski definition) is 6. The summed E-state index contributed by atoms with van der Waals surface area (Å²) in [5.74, 6) is -0.993. The van der Waals surface area contributed by atoms with Gasteiger partial charge in [0, 0.05) is 37.6 Å². The Morgan fingerprint density at radius 3 is 2.43 bits per heavy atom. The number of nitrogens with zero attached hydrogens (tertiary/aromatic N) is 2. The normalized spacial score (nSPS) is 14.7. The minimum Gasteiger partial charge on any atom is -0.365 e. The number of thiophene rings is 1. The first-order chi connectivity index (χ1) is 13.1. The Kier molecular flexibility index (Phi) is 5.57. The maximum Gasteiger partial charge on any atom is 0.256 e. The number of anilines is 1. The SMILES string of the molecule is CN1CCc2c(sc(NC(=O)c3ccc(S(=O)(=O)N(C)C)cc3)c2C(N)=O)C1. The standard InChI is InChI=1S/C18H22N4O4S2/c1-21(2)28(25,26)12-6-4-11(5-7-12)17(24)20-18-15(16(19)23)13-8-9-22(3)10-14(13)27-18/h4-7H,8-10H2,1-3H3,(H2,19,23)(H,20,24). The molecule has 28 heavy (non-hydrogen) atoms. The largest absolute Gasteiger partial charge is 0.365 e. The number of rotatable bonds is 5. The van der Waals surface area contributed by atoms with E-state index in [0.29, 0.717) is 23.5 Å². The van der Waals surface area contributed by atoms with Crippen LogP contribution in [0, 0.1) is 0 Å². The molecule has 2 amide bonds. The van der Waals surface area contributed by atoms with Crippen molar-refractivity contribution in [3.8, 4) is 0 Å². The minimum absolute atomic E-state index is 0.0986. The van der Waals surface area contributed by atoms with E-state index >= 15 is 0 Å². The van der Waals surface area contributed by atoms with E-state index in [1.807, 2.05) is 7.05 Å². The van der Waals surface area contributed by atoms with Crippen LogP contribution in [0.25, 0.3) is 0 Å². The maximum absolute atomic E-state index is 12.6. The molecule has 1 aliphatic rings. The molecule has 2 heterocycles. The molecule has 0 spiro atoms. The molecule has 150 valence electrons. The van der Waals surface area contributed by atoms with Crippen LogP contribution in [0.2, 0.25) is 0 Å². The van der Waals surface area contributed by atoms with Gasteiger partial charge in [0.25, 0.3) is 11.8 Å². The number of carbonyl (C=O) groups excluding carboxylic acids is 2. The van der Waals surface area contributed by atoms with Crippen molar-refractivity contribution in [2.24, 2.45) is 5.73 Å². The molecule has 1 aliphatic heterocycles. The monoisotopic (exact) mass is 422 g/mol. The molecule has 10 heteroatoms. The Morgan fingerprint density at radius 2 is 1.86 bits per heavy atom. The summed E-state index contributed by atoms with van der Waals surface area (Å²) in [6.07, 6.45) is 0.702. The van der Waals surface area contributed by atoms with Gasteiger partial charge in [-0.25, -0.2) is 12.7 Å². The quantitative estimate of drug-likeness (QED) is 0.755. The molecule has 0 saturated carbocycles. The van der Waals surface area contributed by atoms with Crippen LogP contribution in [0.4, 0.5) is 5.00 Å². The fourth-order valence-corrected chi connectivity index (χ4v) is 5.27. The molecule has 2 aromatic rings. The molecule has 1 aromatic carbocycles. The van der Waals surface area contributed by atoms with Gasteiger partial charge in [0.1, 0.15) is 5.00 Å². The van der Waals surface area contributed by atoms with Crippen LogP contribution in [-0.2, 0) is 23.0 Å². The molecular weight excluding hydrogens is 400 g/mol. The molecule has 0 unspecified atom stereocenters. The van der Waals surface area contributed by atoms with E-state index in [0.717, 1.165) is 21.3 Å². The summed E-state index contributed by atoms with van der Waals surface area (Å²) >= 11 is 1.35. The molecule has 3 N–H and O–H groups in total. The van der Waals surface area contributed by atoms with E-state index in [-0.39, 0.29) is 10.5 Å². The lowest BCUT2D eigenvalue weighted by molar-refractivity contribution is 0.1000. The highest BCUT2D eigenvalue weighted by Gasteiger charge is 2.27. The van der Waals surface area contributed by atoms with Gasteiger partial charge in [-0.15, -0.1) is 11.3 Å². The molecule has 8 nitrogen and oxygen atoms in total. The van der Waals surface area contributed by atoms with Gasteiger partial charge in [0.05, 0.1) is 10.5 Å². The smallest absolute Gasteiger partial charge is 0.256 e. The molecular formula is C18H22N4O4S2. The number of primary amides is 1. The third kappa shape index (κ3) is 3.81. The number of fused-ring (bicyclic) bond motifs is 1. The summed E-state index contributed by atoms with van der Waals surface area (Å²) in [4.78, 5) is 27.9. The van der Waals surface area contributed by atoms with Crippen molar-refractivity contribution in [1.82, 2.24) is 9.21 Å². The van der Waals surface area contributed by atoms with E-state index in [1.54, 1.807) is 0 Å². The number of amides is 2. The van der Waals surface area contributed by atoms with Crippen molar-refractivity contribution in [2.75, 3.05) is 33.0 Å².